The quantitative estimate of drug-likeness (QED) is 0.873. The molecule has 0 aliphatic heterocycles. The van der Waals surface area contributed by atoms with E-state index in [0.29, 0.717) is 12.1 Å². The van der Waals surface area contributed by atoms with Crippen LogP contribution >= 0.6 is 15.9 Å². The summed E-state index contributed by atoms with van der Waals surface area (Å²) in [7, 11) is 3.65. The fourth-order valence-corrected chi connectivity index (χ4v) is 2.19. The molecule has 0 aliphatic carbocycles. The predicted molar refractivity (Wildman–Crippen MR) is 73.1 cm³/mol. The third-order valence-electron chi connectivity index (χ3n) is 2.63. The van der Waals surface area contributed by atoms with Crippen LogP contribution in [0.25, 0.3) is 0 Å². The van der Waals surface area contributed by atoms with Crippen molar-refractivity contribution in [3.63, 3.8) is 0 Å². The molecule has 0 atom stereocenters. The molecular weight excluding hydrogens is 294 g/mol. The Bertz CT molecular complexity index is 565. The average molecular weight is 308 g/mol. The van der Waals surface area contributed by atoms with Gasteiger partial charge in [-0.15, -0.1) is 0 Å². The van der Waals surface area contributed by atoms with E-state index in [2.05, 4.69) is 21.0 Å². The molecule has 0 fully saturated rings. The molecule has 0 radical (unpaired) electrons. The number of hydrogen-bond donors (Lipinski definition) is 0. The molecule has 0 N–H and O–H groups in total. The number of hydrogen-bond acceptors (Lipinski definition) is 2. The van der Waals surface area contributed by atoms with Crippen LogP contribution in [0.15, 0.2) is 41.1 Å². The van der Waals surface area contributed by atoms with Crippen molar-refractivity contribution in [3.05, 3.63) is 52.3 Å². The zero-order chi connectivity index (χ0) is 13.1. The Kier molecular flexibility index (Phi) is 3.81. The summed E-state index contributed by atoms with van der Waals surface area (Å²) in [5.74, 6) is -0.00803. The number of benzene rings is 1. The fourth-order valence-electron chi connectivity index (χ4n) is 1.74. The molecule has 1 heterocycles. The van der Waals surface area contributed by atoms with Gasteiger partial charge in [0.2, 0.25) is 0 Å². The molecule has 1 aromatic heterocycles. The number of carbonyl (C=O) groups excluding carboxylic acids is 1. The lowest BCUT2D eigenvalue weighted by Gasteiger charge is -2.17. The molecule has 0 spiro atoms. The monoisotopic (exact) mass is 307 g/mol. The third kappa shape index (κ3) is 2.79. The van der Waals surface area contributed by atoms with E-state index in [1.807, 2.05) is 37.5 Å². The largest absolute Gasteiger partial charge is 0.337 e. The van der Waals surface area contributed by atoms with Gasteiger partial charge >= 0.3 is 0 Å². The number of amides is 1. The molecule has 0 aliphatic rings. The molecule has 0 unspecified atom stereocenters. The van der Waals surface area contributed by atoms with Crippen LogP contribution in [0.4, 0.5) is 0 Å². The van der Waals surface area contributed by atoms with Gasteiger partial charge in [-0.05, 0) is 28.1 Å². The Balaban J connectivity index is 2.12. The normalized spacial score (nSPS) is 10.4. The fraction of sp³-hybridized carbons (Fsp3) is 0.231. The number of carbonyl (C=O) groups is 1. The minimum atomic E-state index is -0.00803. The molecule has 4 nitrogen and oxygen atoms in total. The van der Waals surface area contributed by atoms with Crippen molar-refractivity contribution < 1.29 is 4.79 Å². The topological polar surface area (TPSA) is 38.1 Å². The maximum absolute atomic E-state index is 12.2. The summed E-state index contributed by atoms with van der Waals surface area (Å²) in [5.41, 5.74) is 1.68. The van der Waals surface area contributed by atoms with Crippen LogP contribution in [0.3, 0.4) is 0 Å². The molecular formula is C13H14BrN3O. The highest BCUT2D eigenvalue weighted by Crippen LogP contribution is 2.18. The second kappa shape index (κ2) is 5.35. The lowest BCUT2D eigenvalue weighted by molar-refractivity contribution is 0.0784. The number of aryl methyl sites for hydroxylation is 1. The van der Waals surface area contributed by atoms with E-state index in [9.17, 15) is 4.79 Å². The van der Waals surface area contributed by atoms with E-state index < -0.39 is 0 Å². The van der Waals surface area contributed by atoms with Crippen molar-refractivity contribution in [2.24, 2.45) is 7.05 Å². The van der Waals surface area contributed by atoms with Gasteiger partial charge in [-0.25, -0.2) is 0 Å². The predicted octanol–water partition coefficient (Wildman–Crippen LogP) is 2.45. The summed E-state index contributed by atoms with van der Waals surface area (Å²) in [6.07, 6.45) is 3.67. The second-order valence-corrected chi connectivity index (χ2v) is 5.02. The summed E-state index contributed by atoms with van der Waals surface area (Å²) >= 11 is 3.39. The smallest absolute Gasteiger partial charge is 0.255 e. The lowest BCUT2D eigenvalue weighted by atomic mass is 10.2. The summed E-state index contributed by atoms with van der Waals surface area (Å²) in [5, 5.41) is 4.09. The van der Waals surface area contributed by atoms with Gasteiger partial charge in [-0.2, -0.15) is 5.10 Å². The van der Waals surface area contributed by atoms with Crippen molar-refractivity contribution >= 4 is 21.8 Å². The standard InChI is InChI=1S/C13H14BrN3O/c1-16(8-10-7-15-17(2)9-10)13(18)11-5-3-4-6-12(11)14/h3-7,9H,8H2,1-2H3. The zero-order valence-electron chi connectivity index (χ0n) is 10.3. The van der Waals surface area contributed by atoms with Gasteiger partial charge in [0, 0.05) is 36.9 Å². The van der Waals surface area contributed by atoms with Crippen LogP contribution in [0, 0.1) is 0 Å². The van der Waals surface area contributed by atoms with Crippen LogP contribution < -0.4 is 0 Å². The first-order valence-electron chi connectivity index (χ1n) is 5.55. The van der Waals surface area contributed by atoms with Crippen LogP contribution in [0.2, 0.25) is 0 Å². The average Bonchev–Trinajstić information content (AvgIpc) is 2.74. The molecule has 0 bridgehead atoms. The molecule has 2 aromatic rings. The van der Waals surface area contributed by atoms with Gasteiger partial charge in [-0.3, -0.25) is 9.48 Å². The highest BCUT2D eigenvalue weighted by molar-refractivity contribution is 9.10. The Hall–Kier alpha value is -1.62. The SMILES string of the molecule is CN(Cc1cnn(C)c1)C(=O)c1ccccc1Br. The van der Waals surface area contributed by atoms with Crippen LogP contribution in [0.1, 0.15) is 15.9 Å². The molecule has 5 heteroatoms. The van der Waals surface area contributed by atoms with E-state index in [1.54, 1.807) is 22.8 Å². The third-order valence-corrected chi connectivity index (χ3v) is 3.32. The van der Waals surface area contributed by atoms with Crippen LogP contribution in [-0.4, -0.2) is 27.6 Å². The molecule has 1 amide bonds. The van der Waals surface area contributed by atoms with Gasteiger partial charge < -0.3 is 4.90 Å². The van der Waals surface area contributed by atoms with Crippen molar-refractivity contribution in [1.29, 1.82) is 0 Å². The molecule has 1 aromatic carbocycles. The summed E-state index contributed by atoms with van der Waals surface area (Å²) < 4.78 is 2.54. The van der Waals surface area contributed by atoms with E-state index in [4.69, 9.17) is 0 Å². The summed E-state index contributed by atoms with van der Waals surface area (Å²) in [6, 6.07) is 7.43. The van der Waals surface area contributed by atoms with Crippen LogP contribution in [-0.2, 0) is 13.6 Å². The zero-order valence-corrected chi connectivity index (χ0v) is 11.9. The van der Waals surface area contributed by atoms with Crippen molar-refractivity contribution in [2.75, 3.05) is 7.05 Å². The first-order valence-corrected chi connectivity index (χ1v) is 6.35. The molecule has 0 saturated heterocycles. The van der Waals surface area contributed by atoms with Crippen molar-refractivity contribution in [1.82, 2.24) is 14.7 Å². The first kappa shape index (κ1) is 12.8. The highest BCUT2D eigenvalue weighted by Gasteiger charge is 2.14. The van der Waals surface area contributed by atoms with Gasteiger partial charge in [0.25, 0.3) is 5.91 Å². The second-order valence-electron chi connectivity index (χ2n) is 4.16. The van der Waals surface area contributed by atoms with Gasteiger partial charge in [0.15, 0.2) is 0 Å². The lowest BCUT2D eigenvalue weighted by Crippen LogP contribution is -2.26. The number of nitrogens with zero attached hydrogens (tertiary/aromatic N) is 3. The van der Waals surface area contributed by atoms with E-state index >= 15 is 0 Å². The van der Waals surface area contributed by atoms with Crippen LogP contribution in [0.5, 0.6) is 0 Å². The Morgan fingerprint density at radius 3 is 2.78 bits per heavy atom. The molecule has 18 heavy (non-hydrogen) atoms. The van der Waals surface area contributed by atoms with Gasteiger partial charge in [0.1, 0.15) is 0 Å². The molecule has 94 valence electrons. The molecule has 0 saturated carbocycles. The minimum absolute atomic E-state index is 0.00803. The Labute approximate surface area is 114 Å². The van der Waals surface area contributed by atoms with Gasteiger partial charge in [0.05, 0.1) is 11.8 Å². The van der Waals surface area contributed by atoms with E-state index in [0.717, 1.165) is 10.0 Å². The van der Waals surface area contributed by atoms with Gasteiger partial charge in [-0.1, -0.05) is 12.1 Å². The first-order chi connectivity index (χ1) is 8.58. The highest BCUT2D eigenvalue weighted by atomic mass is 79.9. The number of halogens is 1. The maximum atomic E-state index is 12.2. The number of rotatable bonds is 3. The maximum Gasteiger partial charge on any atom is 0.255 e. The van der Waals surface area contributed by atoms with Crippen molar-refractivity contribution in [2.45, 2.75) is 6.54 Å². The molecule has 2 rings (SSSR count). The van der Waals surface area contributed by atoms with Crippen molar-refractivity contribution in [3.8, 4) is 0 Å². The van der Waals surface area contributed by atoms with E-state index in [-0.39, 0.29) is 5.91 Å². The Morgan fingerprint density at radius 1 is 1.44 bits per heavy atom. The Morgan fingerprint density at radius 2 is 2.17 bits per heavy atom. The van der Waals surface area contributed by atoms with E-state index in [1.165, 1.54) is 0 Å². The summed E-state index contributed by atoms with van der Waals surface area (Å²) in [4.78, 5) is 13.9. The number of aromatic nitrogens is 2. The summed E-state index contributed by atoms with van der Waals surface area (Å²) in [6.45, 7) is 0.550. The minimum Gasteiger partial charge on any atom is -0.337 e.